The number of fused-ring (bicyclic) bond motifs is 1. The van der Waals surface area contributed by atoms with Crippen molar-refractivity contribution in [1.29, 1.82) is 0 Å². The minimum absolute atomic E-state index is 0.000401. The van der Waals surface area contributed by atoms with Crippen molar-refractivity contribution in [2.45, 2.75) is 38.6 Å². The van der Waals surface area contributed by atoms with Crippen LogP contribution in [0.2, 0.25) is 0 Å². The number of carbonyl (C=O) groups excluding carboxylic acids is 2. The summed E-state index contributed by atoms with van der Waals surface area (Å²) in [5.41, 5.74) is 2.01. The molecule has 0 saturated carbocycles. The summed E-state index contributed by atoms with van der Waals surface area (Å²) in [4.78, 5) is 35.3. The minimum Gasteiger partial charge on any atom is -0.337 e. The maximum absolute atomic E-state index is 13.4. The zero-order valence-electron chi connectivity index (χ0n) is 17.9. The van der Waals surface area contributed by atoms with Gasteiger partial charge in [-0.05, 0) is 55.9 Å². The molecule has 0 unspecified atom stereocenters. The molecule has 6 nitrogen and oxygen atoms in total. The molecular formula is C25H28N4O2. The molecule has 0 N–H and O–H groups in total. The lowest BCUT2D eigenvalue weighted by Gasteiger charge is -2.30. The molecule has 1 aromatic carbocycles. The maximum Gasteiger partial charge on any atom is 0.274 e. The molecule has 2 atom stereocenters. The van der Waals surface area contributed by atoms with E-state index in [9.17, 15) is 9.59 Å². The topological polar surface area (TPSA) is 57.9 Å². The largest absolute Gasteiger partial charge is 0.337 e. The molecule has 0 aliphatic carbocycles. The van der Waals surface area contributed by atoms with Crippen molar-refractivity contribution in [2.24, 2.45) is 5.92 Å². The van der Waals surface area contributed by atoms with Gasteiger partial charge >= 0.3 is 0 Å². The van der Waals surface area contributed by atoms with E-state index < -0.39 is 0 Å². The normalized spacial score (nSPS) is 21.6. The number of pyridine rings is 1. The van der Waals surface area contributed by atoms with Crippen molar-refractivity contribution in [3.8, 4) is 0 Å². The molecule has 2 aromatic heterocycles. The summed E-state index contributed by atoms with van der Waals surface area (Å²) >= 11 is 0. The maximum atomic E-state index is 13.4. The number of hydrogen-bond acceptors (Lipinski definition) is 3. The number of hydrogen-bond donors (Lipinski definition) is 0. The average molecular weight is 417 g/mol. The van der Waals surface area contributed by atoms with Gasteiger partial charge in [-0.25, -0.2) is 4.98 Å². The van der Waals surface area contributed by atoms with Crippen LogP contribution in [-0.2, 0) is 0 Å². The highest BCUT2D eigenvalue weighted by Crippen LogP contribution is 2.34. The van der Waals surface area contributed by atoms with E-state index in [1.807, 2.05) is 68.9 Å². The number of benzene rings is 1. The summed E-state index contributed by atoms with van der Waals surface area (Å²) in [6.45, 7) is 4.46. The lowest BCUT2D eigenvalue weighted by molar-refractivity contribution is 0.0679. The molecule has 3 aromatic rings. The number of likely N-dealkylation sites (tertiary alicyclic amines) is 2. The third-order valence-corrected chi connectivity index (χ3v) is 6.55. The number of carbonyl (C=O) groups is 2. The second-order valence-electron chi connectivity index (χ2n) is 8.80. The Kier molecular flexibility index (Phi) is 5.22. The molecule has 0 spiro atoms. The molecule has 2 aliphatic rings. The molecule has 0 radical (unpaired) electrons. The quantitative estimate of drug-likeness (QED) is 0.643. The lowest BCUT2D eigenvalue weighted by Crippen LogP contribution is -2.39. The van der Waals surface area contributed by atoms with Gasteiger partial charge in [0.05, 0.1) is 11.6 Å². The Balaban J connectivity index is 1.51. The number of rotatable bonds is 3. The third-order valence-electron chi connectivity index (χ3n) is 6.55. The Morgan fingerprint density at radius 3 is 2.52 bits per heavy atom. The van der Waals surface area contributed by atoms with Gasteiger partial charge in [-0.15, -0.1) is 0 Å². The van der Waals surface area contributed by atoms with E-state index in [-0.39, 0.29) is 17.9 Å². The van der Waals surface area contributed by atoms with E-state index in [1.165, 1.54) is 0 Å². The number of nitrogens with zero attached hydrogens (tertiary/aromatic N) is 4. The SMILES string of the molecule is C[C@@H]1CCCN(C(=O)c2nc([C@@H]3CCCN3C(=O)c3ccccc3)n3ccccc23)C1. The summed E-state index contributed by atoms with van der Waals surface area (Å²) in [5, 5.41) is 0. The van der Waals surface area contributed by atoms with E-state index in [0.717, 1.165) is 50.1 Å². The first-order chi connectivity index (χ1) is 15.1. The molecule has 4 heterocycles. The van der Waals surface area contributed by atoms with Gasteiger partial charge in [0.1, 0.15) is 5.82 Å². The Bertz CT molecular complexity index is 1110. The second-order valence-corrected chi connectivity index (χ2v) is 8.80. The van der Waals surface area contributed by atoms with E-state index in [4.69, 9.17) is 4.98 Å². The van der Waals surface area contributed by atoms with Gasteiger partial charge in [-0.2, -0.15) is 0 Å². The fraction of sp³-hybridized carbons (Fsp3) is 0.400. The van der Waals surface area contributed by atoms with E-state index in [0.29, 0.717) is 23.7 Å². The van der Waals surface area contributed by atoms with Crippen LogP contribution in [0.5, 0.6) is 0 Å². The molecule has 160 valence electrons. The molecule has 0 bridgehead atoms. The summed E-state index contributed by atoms with van der Waals surface area (Å²) < 4.78 is 2.00. The van der Waals surface area contributed by atoms with Crippen LogP contribution in [0.4, 0.5) is 0 Å². The number of piperidine rings is 1. The minimum atomic E-state index is -0.135. The van der Waals surface area contributed by atoms with E-state index >= 15 is 0 Å². The summed E-state index contributed by atoms with van der Waals surface area (Å²) in [6.07, 6.45) is 5.93. The van der Waals surface area contributed by atoms with Crippen molar-refractivity contribution >= 4 is 17.3 Å². The van der Waals surface area contributed by atoms with Gasteiger partial charge < -0.3 is 14.2 Å². The molecule has 2 amide bonds. The predicted molar refractivity (Wildman–Crippen MR) is 119 cm³/mol. The molecule has 31 heavy (non-hydrogen) atoms. The molecule has 2 saturated heterocycles. The van der Waals surface area contributed by atoms with Gasteiger partial charge in [0.2, 0.25) is 0 Å². The lowest BCUT2D eigenvalue weighted by atomic mass is 10.00. The zero-order chi connectivity index (χ0) is 21.4. The van der Waals surface area contributed by atoms with Gasteiger partial charge in [0, 0.05) is 31.4 Å². The average Bonchev–Trinajstić information content (AvgIpc) is 3.43. The van der Waals surface area contributed by atoms with Crippen molar-refractivity contribution in [1.82, 2.24) is 19.2 Å². The predicted octanol–water partition coefficient (Wildman–Crippen LogP) is 4.18. The van der Waals surface area contributed by atoms with Crippen LogP contribution >= 0.6 is 0 Å². The molecule has 5 rings (SSSR count). The highest BCUT2D eigenvalue weighted by Gasteiger charge is 2.35. The van der Waals surface area contributed by atoms with Gasteiger partial charge in [0.15, 0.2) is 5.69 Å². The Hall–Kier alpha value is -3.15. The monoisotopic (exact) mass is 416 g/mol. The van der Waals surface area contributed by atoms with Crippen LogP contribution in [0.3, 0.4) is 0 Å². The first-order valence-corrected chi connectivity index (χ1v) is 11.3. The smallest absolute Gasteiger partial charge is 0.274 e. The number of amides is 2. The Morgan fingerprint density at radius 1 is 0.935 bits per heavy atom. The Labute approximate surface area is 182 Å². The highest BCUT2D eigenvalue weighted by molar-refractivity contribution is 5.99. The summed E-state index contributed by atoms with van der Waals surface area (Å²) in [7, 11) is 0. The highest BCUT2D eigenvalue weighted by atomic mass is 16.2. The van der Waals surface area contributed by atoms with Crippen LogP contribution in [-0.4, -0.2) is 50.6 Å². The van der Waals surface area contributed by atoms with Crippen LogP contribution < -0.4 is 0 Å². The summed E-state index contributed by atoms with van der Waals surface area (Å²) in [5.74, 6) is 1.32. The molecule has 2 fully saturated rings. The molecule has 6 heteroatoms. The Morgan fingerprint density at radius 2 is 1.71 bits per heavy atom. The molecule has 2 aliphatic heterocycles. The van der Waals surface area contributed by atoms with Crippen LogP contribution in [0.15, 0.2) is 54.7 Å². The zero-order valence-corrected chi connectivity index (χ0v) is 17.9. The van der Waals surface area contributed by atoms with E-state index in [2.05, 4.69) is 6.92 Å². The standard InChI is InChI=1S/C25H28N4O2/c1-18-9-7-14-27(17-18)25(31)22-20-12-5-6-15-28(20)23(26-22)21-13-8-16-29(21)24(30)19-10-3-2-4-11-19/h2-6,10-12,15,18,21H,7-9,13-14,16-17H2,1H3/t18-,21+/m1/s1. The number of aromatic nitrogens is 2. The second kappa shape index (κ2) is 8.17. The first-order valence-electron chi connectivity index (χ1n) is 11.3. The van der Waals surface area contributed by atoms with Crippen molar-refractivity contribution < 1.29 is 9.59 Å². The van der Waals surface area contributed by atoms with E-state index in [1.54, 1.807) is 0 Å². The van der Waals surface area contributed by atoms with Gasteiger partial charge in [0.25, 0.3) is 11.8 Å². The van der Waals surface area contributed by atoms with Gasteiger partial charge in [-0.3, -0.25) is 9.59 Å². The fourth-order valence-electron chi connectivity index (χ4n) is 5.00. The number of imidazole rings is 1. The fourth-order valence-corrected chi connectivity index (χ4v) is 5.00. The summed E-state index contributed by atoms with van der Waals surface area (Å²) in [6, 6.07) is 15.1. The van der Waals surface area contributed by atoms with Crippen molar-refractivity contribution in [2.75, 3.05) is 19.6 Å². The van der Waals surface area contributed by atoms with Crippen molar-refractivity contribution in [3.63, 3.8) is 0 Å². The van der Waals surface area contributed by atoms with Crippen LogP contribution in [0.1, 0.15) is 65.3 Å². The van der Waals surface area contributed by atoms with Gasteiger partial charge in [-0.1, -0.05) is 31.2 Å². The third kappa shape index (κ3) is 3.60. The molecular weight excluding hydrogens is 388 g/mol. The first kappa shape index (κ1) is 19.8. The van der Waals surface area contributed by atoms with Crippen LogP contribution in [0, 0.1) is 5.92 Å². The van der Waals surface area contributed by atoms with Crippen molar-refractivity contribution in [3.05, 3.63) is 71.8 Å². The van der Waals surface area contributed by atoms with Crippen LogP contribution in [0.25, 0.3) is 5.52 Å².